The normalized spacial score (nSPS) is 16.9. The molecule has 1 heterocycles. The summed E-state index contributed by atoms with van der Waals surface area (Å²) in [7, 11) is 0. The summed E-state index contributed by atoms with van der Waals surface area (Å²) in [4.78, 5) is 23.4. The van der Waals surface area contributed by atoms with Crippen LogP contribution in [-0.4, -0.2) is 24.5 Å². The molecular formula is C16H17N3O3. The van der Waals surface area contributed by atoms with E-state index in [0.717, 1.165) is 6.42 Å². The molecule has 0 saturated heterocycles. The van der Waals surface area contributed by atoms with Crippen molar-refractivity contribution in [2.45, 2.75) is 26.4 Å². The lowest BCUT2D eigenvalue weighted by Gasteiger charge is -2.23. The predicted molar refractivity (Wildman–Crippen MR) is 82.1 cm³/mol. The Labute approximate surface area is 128 Å². The van der Waals surface area contributed by atoms with E-state index in [2.05, 4.69) is 10.6 Å². The number of anilines is 1. The van der Waals surface area contributed by atoms with Crippen molar-refractivity contribution >= 4 is 23.6 Å². The molecule has 0 bridgehead atoms. The minimum absolute atomic E-state index is 0.0184. The highest BCUT2D eigenvalue weighted by Gasteiger charge is 2.23. The van der Waals surface area contributed by atoms with Gasteiger partial charge in [-0.25, -0.2) is 0 Å². The molecule has 1 aromatic carbocycles. The van der Waals surface area contributed by atoms with Gasteiger partial charge in [0.1, 0.15) is 17.4 Å². The van der Waals surface area contributed by atoms with E-state index < -0.39 is 12.0 Å². The van der Waals surface area contributed by atoms with Gasteiger partial charge < -0.3 is 15.4 Å². The zero-order valence-electron chi connectivity index (χ0n) is 12.5. The van der Waals surface area contributed by atoms with Gasteiger partial charge in [0.25, 0.3) is 11.8 Å². The second-order valence-electron chi connectivity index (χ2n) is 4.93. The van der Waals surface area contributed by atoms with Crippen LogP contribution in [0.2, 0.25) is 0 Å². The molecule has 0 aliphatic carbocycles. The van der Waals surface area contributed by atoms with Crippen molar-refractivity contribution < 1.29 is 14.3 Å². The number of fused-ring (bicyclic) bond motifs is 1. The number of nitrogens with one attached hydrogen (secondary N) is 2. The average molecular weight is 299 g/mol. The van der Waals surface area contributed by atoms with Gasteiger partial charge in [-0.1, -0.05) is 13.0 Å². The first-order valence-corrected chi connectivity index (χ1v) is 7.06. The van der Waals surface area contributed by atoms with E-state index in [1.54, 1.807) is 25.1 Å². The molecule has 6 heteroatoms. The fourth-order valence-corrected chi connectivity index (χ4v) is 1.97. The molecule has 1 aliphatic rings. The Kier molecular flexibility index (Phi) is 4.79. The van der Waals surface area contributed by atoms with Gasteiger partial charge in [-0.2, -0.15) is 5.26 Å². The molecule has 2 amide bonds. The predicted octanol–water partition coefficient (Wildman–Crippen LogP) is 1.84. The van der Waals surface area contributed by atoms with Gasteiger partial charge in [-0.3, -0.25) is 9.59 Å². The SMILES string of the molecule is CCCNC(=O)/C(C#N)=C\c1ccc2c(c1)NC(=O)C(C)O2. The quantitative estimate of drug-likeness (QED) is 0.655. The molecule has 1 atom stereocenters. The van der Waals surface area contributed by atoms with Crippen molar-refractivity contribution in [1.82, 2.24) is 5.32 Å². The van der Waals surface area contributed by atoms with E-state index in [1.807, 2.05) is 13.0 Å². The Bertz CT molecular complexity index is 674. The molecule has 114 valence electrons. The largest absolute Gasteiger partial charge is 0.479 e. The number of nitriles is 1. The number of rotatable bonds is 4. The first kappa shape index (κ1) is 15.6. The Hall–Kier alpha value is -2.81. The summed E-state index contributed by atoms with van der Waals surface area (Å²) >= 11 is 0. The van der Waals surface area contributed by atoms with E-state index in [4.69, 9.17) is 10.00 Å². The Morgan fingerprint density at radius 2 is 2.32 bits per heavy atom. The van der Waals surface area contributed by atoms with Crippen LogP contribution in [0, 0.1) is 11.3 Å². The first-order valence-electron chi connectivity index (χ1n) is 7.06. The number of hydrogen-bond donors (Lipinski definition) is 2. The standard InChI is InChI=1S/C16H17N3O3/c1-3-6-18-16(21)12(9-17)7-11-4-5-14-13(8-11)19-15(20)10(2)22-14/h4-5,7-8,10H,3,6H2,1-2H3,(H,18,21)(H,19,20)/b12-7-. The van der Waals surface area contributed by atoms with Gasteiger partial charge in [0.15, 0.2) is 6.10 Å². The molecule has 6 nitrogen and oxygen atoms in total. The topological polar surface area (TPSA) is 91.2 Å². The lowest BCUT2D eigenvalue weighted by atomic mass is 10.1. The van der Waals surface area contributed by atoms with Crippen LogP contribution in [0.25, 0.3) is 6.08 Å². The number of carbonyl (C=O) groups excluding carboxylic acids is 2. The van der Waals surface area contributed by atoms with Gasteiger partial charge in [0, 0.05) is 6.54 Å². The third-order valence-electron chi connectivity index (χ3n) is 3.15. The van der Waals surface area contributed by atoms with E-state index >= 15 is 0 Å². The van der Waals surface area contributed by atoms with Crippen LogP contribution >= 0.6 is 0 Å². The highest BCUT2D eigenvalue weighted by Crippen LogP contribution is 2.31. The number of ether oxygens (including phenoxy) is 1. The molecule has 1 unspecified atom stereocenters. The summed E-state index contributed by atoms with van der Waals surface area (Å²) in [6.45, 7) is 4.12. The van der Waals surface area contributed by atoms with Crippen molar-refractivity contribution in [3.8, 4) is 11.8 Å². The monoisotopic (exact) mass is 299 g/mol. The molecule has 0 radical (unpaired) electrons. The minimum atomic E-state index is -0.539. The fraction of sp³-hybridized carbons (Fsp3) is 0.312. The maximum Gasteiger partial charge on any atom is 0.265 e. The maximum atomic E-state index is 11.8. The summed E-state index contributed by atoms with van der Waals surface area (Å²) in [6.07, 6.45) is 1.74. The third-order valence-corrected chi connectivity index (χ3v) is 3.15. The highest BCUT2D eigenvalue weighted by molar-refractivity contribution is 6.02. The van der Waals surface area contributed by atoms with E-state index in [-0.39, 0.29) is 11.5 Å². The lowest BCUT2D eigenvalue weighted by molar-refractivity contribution is -0.122. The first-order chi connectivity index (χ1) is 10.5. The molecule has 0 spiro atoms. The number of carbonyl (C=O) groups is 2. The Balaban J connectivity index is 2.24. The van der Waals surface area contributed by atoms with Crippen molar-refractivity contribution in [1.29, 1.82) is 5.26 Å². The summed E-state index contributed by atoms with van der Waals surface area (Å²) < 4.78 is 5.45. The number of amides is 2. The maximum absolute atomic E-state index is 11.8. The summed E-state index contributed by atoms with van der Waals surface area (Å²) in [5.74, 6) is -0.0657. The Morgan fingerprint density at radius 3 is 3.00 bits per heavy atom. The molecule has 0 fully saturated rings. The second-order valence-corrected chi connectivity index (χ2v) is 4.93. The summed E-state index contributed by atoms with van der Waals surface area (Å²) in [5, 5.41) is 14.5. The Morgan fingerprint density at radius 1 is 1.55 bits per heavy atom. The highest BCUT2D eigenvalue weighted by atomic mass is 16.5. The molecule has 22 heavy (non-hydrogen) atoms. The van der Waals surface area contributed by atoms with Gasteiger partial charge in [0.05, 0.1) is 5.69 Å². The molecule has 0 aromatic heterocycles. The fourth-order valence-electron chi connectivity index (χ4n) is 1.97. The van der Waals surface area contributed by atoms with Gasteiger partial charge in [0.2, 0.25) is 0 Å². The molecule has 1 aromatic rings. The third kappa shape index (κ3) is 3.44. The lowest BCUT2D eigenvalue weighted by Crippen LogP contribution is -2.34. The van der Waals surface area contributed by atoms with E-state index in [0.29, 0.717) is 23.5 Å². The number of nitrogens with zero attached hydrogens (tertiary/aromatic N) is 1. The zero-order chi connectivity index (χ0) is 16.1. The average Bonchev–Trinajstić information content (AvgIpc) is 2.51. The summed E-state index contributed by atoms with van der Waals surface area (Å²) in [6, 6.07) is 6.99. The van der Waals surface area contributed by atoms with Gasteiger partial charge in [-0.15, -0.1) is 0 Å². The van der Waals surface area contributed by atoms with Crippen LogP contribution in [0.4, 0.5) is 5.69 Å². The van der Waals surface area contributed by atoms with Crippen LogP contribution in [-0.2, 0) is 9.59 Å². The molecule has 0 saturated carbocycles. The molecular weight excluding hydrogens is 282 g/mol. The van der Waals surface area contributed by atoms with Gasteiger partial charge >= 0.3 is 0 Å². The van der Waals surface area contributed by atoms with Crippen molar-refractivity contribution in [2.75, 3.05) is 11.9 Å². The molecule has 2 rings (SSSR count). The van der Waals surface area contributed by atoms with Crippen LogP contribution in [0.3, 0.4) is 0 Å². The minimum Gasteiger partial charge on any atom is -0.479 e. The molecule has 2 N–H and O–H groups in total. The van der Waals surface area contributed by atoms with Crippen molar-refractivity contribution in [2.24, 2.45) is 0 Å². The molecule has 1 aliphatic heterocycles. The smallest absolute Gasteiger partial charge is 0.265 e. The zero-order valence-corrected chi connectivity index (χ0v) is 12.5. The number of hydrogen-bond acceptors (Lipinski definition) is 4. The summed E-state index contributed by atoms with van der Waals surface area (Å²) in [5.41, 5.74) is 1.19. The van der Waals surface area contributed by atoms with Crippen molar-refractivity contribution in [3.63, 3.8) is 0 Å². The number of benzene rings is 1. The van der Waals surface area contributed by atoms with Crippen molar-refractivity contribution in [3.05, 3.63) is 29.3 Å². The van der Waals surface area contributed by atoms with Crippen LogP contribution in [0.5, 0.6) is 5.75 Å². The van der Waals surface area contributed by atoms with Crippen LogP contribution in [0.15, 0.2) is 23.8 Å². The van der Waals surface area contributed by atoms with Gasteiger partial charge in [-0.05, 0) is 37.1 Å². The van der Waals surface area contributed by atoms with E-state index in [9.17, 15) is 9.59 Å². The van der Waals surface area contributed by atoms with Crippen LogP contribution in [0.1, 0.15) is 25.8 Å². The van der Waals surface area contributed by atoms with E-state index in [1.165, 1.54) is 6.08 Å². The second kappa shape index (κ2) is 6.76. The van der Waals surface area contributed by atoms with Crippen LogP contribution < -0.4 is 15.4 Å².